The van der Waals surface area contributed by atoms with E-state index in [-0.39, 0.29) is 11.2 Å². The van der Waals surface area contributed by atoms with Crippen molar-refractivity contribution in [3.8, 4) is 0 Å². The molecule has 0 aromatic heterocycles. The Hall–Kier alpha value is -1.40. The van der Waals surface area contributed by atoms with Crippen molar-refractivity contribution in [1.82, 2.24) is 9.21 Å². The zero-order chi connectivity index (χ0) is 15.0. The molecule has 0 bridgehead atoms. The fourth-order valence-corrected chi connectivity index (χ4v) is 4.51. The summed E-state index contributed by atoms with van der Waals surface area (Å²) < 4.78 is 25.9. The molecule has 21 heavy (non-hydrogen) atoms. The Bertz CT molecular complexity index is 645. The van der Waals surface area contributed by atoms with Gasteiger partial charge in [0.1, 0.15) is 0 Å². The van der Waals surface area contributed by atoms with Crippen LogP contribution in [0.2, 0.25) is 0 Å². The Kier molecular flexibility index (Phi) is 3.75. The van der Waals surface area contributed by atoms with Crippen LogP contribution in [0.25, 0.3) is 0 Å². The second kappa shape index (κ2) is 5.42. The molecule has 1 saturated carbocycles. The lowest BCUT2D eigenvalue weighted by atomic mass is 10.1. The predicted octanol–water partition coefficient (Wildman–Crippen LogP) is 1.25. The summed E-state index contributed by atoms with van der Waals surface area (Å²) in [5.74, 6) is -0.0119. The van der Waals surface area contributed by atoms with Crippen molar-refractivity contribution < 1.29 is 13.2 Å². The van der Waals surface area contributed by atoms with E-state index in [9.17, 15) is 13.2 Å². The number of amides is 1. The van der Waals surface area contributed by atoms with E-state index in [2.05, 4.69) is 0 Å². The van der Waals surface area contributed by atoms with Gasteiger partial charge < -0.3 is 4.90 Å². The van der Waals surface area contributed by atoms with Gasteiger partial charge in [-0.1, -0.05) is 17.7 Å². The molecule has 1 saturated heterocycles. The van der Waals surface area contributed by atoms with Crippen molar-refractivity contribution >= 4 is 15.9 Å². The number of hydrogen-bond donors (Lipinski definition) is 0. The molecule has 1 aliphatic carbocycles. The fourth-order valence-electron chi connectivity index (χ4n) is 2.68. The van der Waals surface area contributed by atoms with Gasteiger partial charge in [-0.3, -0.25) is 4.79 Å². The predicted molar refractivity (Wildman–Crippen MR) is 80.6 cm³/mol. The smallest absolute Gasteiger partial charge is 0.253 e. The number of benzene rings is 1. The van der Waals surface area contributed by atoms with Gasteiger partial charge in [-0.2, -0.15) is 4.31 Å². The summed E-state index contributed by atoms with van der Waals surface area (Å²) in [6, 6.07) is 7.51. The Balaban J connectivity index is 1.64. The van der Waals surface area contributed by atoms with Crippen molar-refractivity contribution in [2.45, 2.75) is 25.0 Å². The lowest BCUT2D eigenvalue weighted by molar-refractivity contribution is 0.0697. The Morgan fingerprint density at radius 2 is 1.81 bits per heavy atom. The minimum atomic E-state index is -3.11. The van der Waals surface area contributed by atoms with E-state index in [1.807, 2.05) is 31.2 Å². The zero-order valence-electron chi connectivity index (χ0n) is 12.2. The summed E-state index contributed by atoms with van der Waals surface area (Å²) >= 11 is 0. The molecule has 1 aliphatic heterocycles. The molecular formula is C15H20N2O3S. The summed E-state index contributed by atoms with van der Waals surface area (Å²) in [4.78, 5) is 14.2. The molecule has 1 aromatic carbocycles. The van der Waals surface area contributed by atoms with Crippen LogP contribution in [0.15, 0.2) is 24.3 Å². The molecule has 0 N–H and O–H groups in total. The fraction of sp³-hybridized carbons (Fsp3) is 0.533. The van der Waals surface area contributed by atoms with Gasteiger partial charge in [0.05, 0.1) is 5.25 Å². The van der Waals surface area contributed by atoms with Gasteiger partial charge in [-0.25, -0.2) is 8.42 Å². The van der Waals surface area contributed by atoms with E-state index in [1.54, 1.807) is 9.21 Å². The third kappa shape index (κ3) is 2.96. The maximum absolute atomic E-state index is 12.4. The van der Waals surface area contributed by atoms with Crippen molar-refractivity contribution in [3.05, 3.63) is 35.4 Å². The molecule has 1 heterocycles. The maximum Gasteiger partial charge on any atom is 0.253 e. The second-order valence-corrected chi connectivity index (χ2v) is 8.02. The average molecular weight is 308 g/mol. The summed E-state index contributed by atoms with van der Waals surface area (Å²) in [6.07, 6.45) is 1.57. The average Bonchev–Trinajstić information content (AvgIpc) is 3.32. The Labute approximate surface area is 125 Å². The maximum atomic E-state index is 12.4. The lowest BCUT2D eigenvalue weighted by Crippen LogP contribution is -2.51. The molecule has 1 aromatic rings. The van der Waals surface area contributed by atoms with E-state index in [4.69, 9.17) is 0 Å². The highest BCUT2D eigenvalue weighted by atomic mass is 32.2. The van der Waals surface area contributed by atoms with Crippen LogP contribution >= 0.6 is 0 Å². The summed E-state index contributed by atoms with van der Waals surface area (Å²) in [6.45, 7) is 3.72. The van der Waals surface area contributed by atoms with Crippen molar-refractivity contribution in [2.75, 3.05) is 26.2 Å². The molecule has 3 rings (SSSR count). The van der Waals surface area contributed by atoms with E-state index in [0.717, 1.165) is 18.4 Å². The molecule has 114 valence electrons. The molecule has 6 heteroatoms. The largest absolute Gasteiger partial charge is 0.336 e. The van der Waals surface area contributed by atoms with Crippen LogP contribution in [0.4, 0.5) is 0 Å². The Morgan fingerprint density at radius 1 is 1.14 bits per heavy atom. The van der Waals surface area contributed by atoms with Crippen molar-refractivity contribution in [2.24, 2.45) is 0 Å². The lowest BCUT2D eigenvalue weighted by Gasteiger charge is -2.34. The number of carbonyl (C=O) groups excluding carboxylic acids is 1. The van der Waals surface area contributed by atoms with E-state index >= 15 is 0 Å². The number of piperazine rings is 1. The number of nitrogens with zero attached hydrogens (tertiary/aromatic N) is 2. The van der Waals surface area contributed by atoms with Crippen LogP contribution in [0.5, 0.6) is 0 Å². The number of carbonyl (C=O) groups is 1. The molecule has 5 nitrogen and oxygen atoms in total. The Morgan fingerprint density at radius 3 is 2.38 bits per heavy atom. The van der Waals surface area contributed by atoms with Crippen molar-refractivity contribution in [3.63, 3.8) is 0 Å². The third-order valence-electron chi connectivity index (χ3n) is 4.10. The number of sulfonamides is 1. The van der Waals surface area contributed by atoms with Gasteiger partial charge >= 0.3 is 0 Å². The highest BCUT2D eigenvalue weighted by molar-refractivity contribution is 7.90. The molecule has 0 spiro atoms. The van der Waals surface area contributed by atoms with Gasteiger partial charge in [0.25, 0.3) is 5.91 Å². The third-order valence-corrected chi connectivity index (χ3v) is 6.50. The molecule has 2 aliphatic rings. The molecule has 1 amide bonds. The van der Waals surface area contributed by atoms with Crippen molar-refractivity contribution in [1.29, 1.82) is 0 Å². The molecule has 0 radical (unpaired) electrons. The zero-order valence-corrected chi connectivity index (χ0v) is 13.0. The number of rotatable bonds is 3. The second-order valence-electron chi connectivity index (χ2n) is 5.81. The summed E-state index contributed by atoms with van der Waals surface area (Å²) in [5, 5.41) is -0.170. The van der Waals surface area contributed by atoms with Crippen LogP contribution in [0, 0.1) is 6.92 Å². The minimum absolute atomic E-state index is 0.0119. The molecule has 0 atom stereocenters. The van der Waals surface area contributed by atoms with Gasteiger partial charge in [0.2, 0.25) is 10.0 Å². The highest BCUT2D eigenvalue weighted by Gasteiger charge is 2.41. The van der Waals surface area contributed by atoms with E-state index in [0.29, 0.717) is 31.7 Å². The van der Waals surface area contributed by atoms with Gasteiger partial charge in [0.15, 0.2) is 0 Å². The van der Waals surface area contributed by atoms with Crippen LogP contribution < -0.4 is 0 Å². The topological polar surface area (TPSA) is 57.7 Å². The van der Waals surface area contributed by atoms with E-state index in [1.165, 1.54) is 0 Å². The highest BCUT2D eigenvalue weighted by Crippen LogP contribution is 2.31. The molecule has 0 unspecified atom stereocenters. The van der Waals surface area contributed by atoms with Crippen LogP contribution in [-0.2, 0) is 10.0 Å². The van der Waals surface area contributed by atoms with Gasteiger partial charge in [0, 0.05) is 31.7 Å². The quantitative estimate of drug-likeness (QED) is 0.844. The minimum Gasteiger partial charge on any atom is -0.336 e. The summed E-state index contributed by atoms with van der Waals surface area (Å²) in [5.41, 5.74) is 1.73. The number of hydrogen-bond acceptors (Lipinski definition) is 3. The summed E-state index contributed by atoms with van der Waals surface area (Å²) in [7, 11) is -3.11. The monoisotopic (exact) mass is 308 g/mol. The molecular weight excluding hydrogens is 288 g/mol. The van der Waals surface area contributed by atoms with E-state index < -0.39 is 10.0 Å². The SMILES string of the molecule is Cc1cccc(C(=O)N2CCN(S(=O)(=O)C3CC3)CC2)c1. The van der Waals surface area contributed by atoms with Gasteiger partial charge in [-0.15, -0.1) is 0 Å². The standard InChI is InChI=1S/C15H20N2O3S/c1-12-3-2-4-13(11-12)15(18)16-7-9-17(10-8-16)21(19,20)14-5-6-14/h2-4,11,14H,5-10H2,1H3. The van der Waals surface area contributed by atoms with Crippen LogP contribution in [0.1, 0.15) is 28.8 Å². The first-order valence-electron chi connectivity index (χ1n) is 7.33. The van der Waals surface area contributed by atoms with Gasteiger partial charge in [-0.05, 0) is 31.9 Å². The normalized spacial score (nSPS) is 20.5. The first-order chi connectivity index (χ1) is 9.98. The van der Waals surface area contributed by atoms with Crippen LogP contribution in [0.3, 0.4) is 0 Å². The molecule has 2 fully saturated rings. The number of aryl methyl sites for hydroxylation is 1. The van der Waals surface area contributed by atoms with Crippen LogP contribution in [-0.4, -0.2) is 55.0 Å². The first kappa shape index (κ1) is 14.5. The first-order valence-corrected chi connectivity index (χ1v) is 8.84.